The quantitative estimate of drug-likeness (QED) is 0.234. The molecule has 2 aromatic carbocycles. The number of ether oxygens (including phenoxy) is 7. The molecule has 45 heavy (non-hydrogen) atoms. The predicted octanol–water partition coefficient (Wildman–Crippen LogP) is 4.30. The average molecular weight is 627 g/mol. The van der Waals surface area contributed by atoms with E-state index in [2.05, 4.69) is 0 Å². The van der Waals surface area contributed by atoms with E-state index in [1.807, 2.05) is 25.1 Å². The minimum atomic E-state index is -1.10. The zero-order chi connectivity index (χ0) is 32.6. The Morgan fingerprint density at radius 3 is 2.56 bits per heavy atom. The van der Waals surface area contributed by atoms with Gasteiger partial charge < -0.3 is 43.4 Å². The third-order valence-electron chi connectivity index (χ3n) is 7.40. The van der Waals surface area contributed by atoms with E-state index in [1.54, 1.807) is 63.3 Å². The number of carbonyl (C=O) groups is 2. The van der Waals surface area contributed by atoms with Gasteiger partial charge in [0.1, 0.15) is 48.1 Å². The van der Waals surface area contributed by atoms with Crippen molar-refractivity contribution in [1.82, 2.24) is 0 Å². The number of aliphatic hydroxyl groups is 2. The van der Waals surface area contributed by atoms with Crippen molar-refractivity contribution in [2.24, 2.45) is 5.92 Å². The first-order chi connectivity index (χ1) is 21.5. The molecule has 2 aromatic rings. The van der Waals surface area contributed by atoms with Crippen LogP contribution in [-0.4, -0.2) is 85.6 Å². The first kappa shape index (κ1) is 34.1. The lowest BCUT2D eigenvalue weighted by Gasteiger charge is -2.26. The molecule has 0 saturated carbocycles. The fourth-order valence-electron chi connectivity index (χ4n) is 4.94. The lowest BCUT2D eigenvalue weighted by atomic mass is 9.98. The van der Waals surface area contributed by atoms with Gasteiger partial charge in [-0.25, -0.2) is 9.59 Å². The van der Waals surface area contributed by atoms with Gasteiger partial charge in [0, 0.05) is 19.1 Å². The Bertz CT molecular complexity index is 1350. The van der Waals surface area contributed by atoms with Crippen LogP contribution in [0, 0.1) is 5.92 Å². The average Bonchev–Trinajstić information content (AvgIpc) is 3.33. The molecule has 2 aliphatic heterocycles. The lowest BCUT2D eigenvalue weighted by Crippen LogP contribution is -2.37. The Morgan fingerprint density at radius 2 is 1.84 bits per heavy atom. The summed E-state index contributed by atoms with van der Waals surface area (Å²) in [5.41, 5.74) is 0.993. The second-order valence-corrected chi connectivity index (χ2v) is 11.5. The molecule has 11 heteroatoms. The van der Waals surface area contributed by atoms with Crippen LogP contribution in [0.4, 0.5) is 0 Å². The van der Waals surface area contributed by atoms with Crippen LogP contribution in [0.5, 0.6) is 11.5 Å². The van der Waals surface area contributed by atoms with E-state index in [0.717, 1.165) is 0 Å². The molecular formula is C34H42O11. The SMILES string of the molecule is COCOc1cc(OCC(O)CO)cc2c1C(=O)OC(C)[C@H](C)/C=C\C(OC(=O)c1ccccc1)C1OC(C)(C)OC1C/C=C/2. The third-order valence-corrected chi connectivity index (χ3v) is 7.40. The Hall–Kier alpha value is -3.74. The van der Waals surface area contributed by atoms with E-state index in [4.69, 9.17) is 33.2 Å². The Morgan fingerprint density at radius 1 is 1.09 bits per heavy atom. The van der Waals surface area contributed by atoms with Crippen LogP contribution in [0.1, 0.15) is 60.4 Å². The van der Waals surface area contributed by atoms with Gasteiger partial charge in [-0.05, 0) is 57.0 Å². The van der Waals surface area contributed by atoms with E-state index in [0.29, 0.717) is 23.3 Å². The molecule has 0 bridgehead atoms. The molecule has 0 aliphatic carbocycles. The summed E-state index contributed by atoms with van der Waals surface area (Å²) in [4.78, 5) is 26.8. The topological polar surface area (TPSA) is 139 Å². The van der Waals surface area contributed by atoms with Crippen LogP contribution < -0.4 is 9.47 Å². The van der Waals surface area contributed by atoms with E-state index >= 15 is 0 Å². The van der Waals surface area contributed by atoms with E-state index < -0.39 is 54.9 Å². The highest BCUT2D eigenvalue weighted by Gasteiger charge is 2.45. The van der Waals surface area contributed by atoms with Crippen molar-refractivity contribution in [3.05, 3.63) is 77.4 Å². The van der Waals surface area contributed by atoms with Crippen molar-refractivity contribution in [2.45, 2.75) is 70.4 Å². The van der Waals surface area contributed by atoms with Crippen molar-refractivity contribution in [2.75, 3.05) is 27.1 Å². The minimum Gasteiger partial charge on any atom is -0.491 e. The minimum absolute atomic E-state index is 0.145. The van der Waals surface area contributed by atoms with Gasteiger partial charge in [-0.15, -0.1) is 0 Å². The predicted molar refractivity (Wildman–Crippen MR) is 164 cm³/mol. The number of rotatable bonds is 9. The maximum Gasteiger partial charge on any atom is 0.342 e. The number of carbonyl (C=O) groups excluding carboxylic acids is 2. The smallest absolute Gasteiger partial charge is 0.342 e. The standard InChI is InChI=1S/C34H42O11/c1-21-14-15-27(43-32(37)23-10-7-6-8-11-23)31-28(44-34(3,4)45-31)13-9-12-24-16-26(40-19-25(36)18-35)17-29(41-20-39-5)30(24)33(38)42-22(21)2/h6-12,14-17,21-22,25,27-28,31,35-36H,13,18-20H2,1-5H3/b12-9+,15-14-/t21-,22?,25?,27?,28?,31?/m1/s1. The summed E-state index contributed by atoms with van der Waals surface area (Å²) in [5, 5.41) is 19.0. The van der Waals surface area contributed by atoms with Crippen LogP contribution in [0.15, 0.2) is 60.7 Å². The molecule has 4 rings (SSSR count). The number of methoxy groups -OCH3 is 1. The number of fused-ring (bicyclic) bond motifs is 2. The van der Waals surface area contributed by atoms with Crippen LogP contribution >= 0.6 is 0 Å². The maximum absolute atomic E-state index is 13.6. The molecule has 2 heterocycles. The number of aliphatic hydroxyl groups excluding tert-OH is 2. The highest BCUT2D eigenvalue weighted by atomic mass is 16.8. The van der Waals surface area contributed by atoms with E-state index in [-0.39, 0.29) is 30.6 Å². The summed E-state index contributed by atoms with van der Waals surface area (Å²) in [6.45, 7) is 6.45. The van der Waals surface area contributed by atoms with E-state index in [9.17, 15) is 19.8 Å². The molecule has 0 amide bonds. The molecule has 11 nitrogen and oxygen atoms in total. The Labute approximate surface area is 263 Å². The van der Waals surface area contributed by atoms with Gasteiger partial charge in [0.25, 0.3) is 0 Å². The first-order valence-electron chi connectivity index (χ1n) is 14.9. The van der Waals surface area contributed by atoms with Gasteiger partial charge in [0.15, 0.2) is 12.6 Å². The molecule has 1 fully saturated rings. The largest absolute Gasteiger partial charge is 0.491 e. The van der Waals surface area contributed by atoms with Crippen LogP contribution in [-0.2, 0) is 23.7 Å². The van der Waals surface area contributed by atoms with Gasteiger partial charge in [-0.2, -0.15) is 0 Å². The van der Waals surface area contributed by atoms with Crippen molar-refractivity contribution in [3.63, 3.8) is 0 Å². The summed E-state index contributed by atoms with van der Waals surface area (Å²) in [7, 11) is 1.46. The normalized spacial score (nSPS) is 26.7. The summed E-state index contributed by atoms with van der Waals surface area (Å²) in [6, 6.07) is 11.8. The molecule has 2 aliphatic rings. The zero-order valence-corrected chi connectivity index (χ0v) is 26.2. The molecule has 6 atom stereocenters. The van der Waals surface area contributed by atoms with Gasteiger partial charge in [0.05, 0.1) is 18.3 Å². The van der Waals surface area contributed by atoms with Crippen molar-refractivity contribution in [1.29, 1.82) is 0 Å². The summed E-state index contributed by atoms with van der Waals surface area (Å²) in [5.74, 6) is -1.91. The molecule has 5 unspecified atom stereocenters. The molecule has 0 spiro atoms. The maximum atomic E-state index is 13.6. The number of benzene rings is 2. The summed E-state index contributed by atoms with van der Waals surface area (Å²) < 4.78 is 41.0. The molecular weight excluding hydrogens is 584 g/mol. The highest BCUT2D eigenvalue weighted by Crippen LogP contribution is 2.36. The van der Waals surface area contributed by atoms with Crippen LogP contribution in [0.2, 0.25) is 0 Å². The van der Waals surface area contributed by atoms with Gasteiger partial charge in [-0.3, -0.25) is 0 Å². The van der Waals surface area contributed by atoms with Gasteiger partial charge in [-0.1, -0.05) is 43.4 Å². The first-order valence-corrected chi connectivity index (χ1v) is 14.9. The van der Waals surface area contributed by atoms with Crippen molar-refractivity contribution in [3.8, 4) is 11.5 Å². The molecule has 0 aromatic heterocycles. The summed E-state index contributed by atoms with van der Waals surface area (Å²) >= 11 is 0. The lowest BCUT2D eigenvalue weighted by molar-refractivity contribution is -0.152. The second kappa shape index (κ2) is 15.5. The van der Waals surface area contributed by atoms with Gasteiger partial charge >= 0.3 is 11.9 Å². The fraction of sp³-hybridized carbons (Fsp3) is 0.471. The molecule has 2 N–H and O–H groups in total. The van der Waals surface area contributed by atoms with Crippen molar-refractivity contribution >= 4 is 18.0 Å². The van der Waals surface area contributed by atoms with Crippen LogP contribution in [0.3, 0.4) is 0 Å². The Balaban J connectivity index is 1.74. The number of hydrogen-bond acceptors (Lipinski definition) is 11. The third kappa shape index (κ3) is 9.15. The number of hydrogen-bond donors (Lipinski definition) is 2. The highest BCUT2D eigenvalue weighted by molar-refractivity contribution is 5.97. The zero-order valence-electron chi connectivity index (χ0n) is 26.2. The summed E-state index contributed by atoms with van der Waals surface area (Å²) in [6.07, 6.45) is 3.84. The van der Waals surface area contributed by atoms with E-state index in [1.165, 1.54) is 13.2 Å². The monoisotopic (exact) mass is 626 g/mol. The number of esters is 2. The van der Waals surface area contributed by atoms with Crippen molar-refractivity contribution < 1.29 is 53.0 Å². The molecule has 1 saturated heterocycles. The van der Waals surface area contributed by atoms with Gasteiger partial charge in [0.2, 0.25) is 0 Å². The van der Waals surface area contributed by atoms with Crippen LogP contribution in [0.25, 0.3) is 6.08 Å². The molecule has 244 valence electrons. The fourth-order valence-corrected chi connectivity index (χ4v) is 4.94. The molecule has 0 radical (unpaired) electrons. The Kier molecular flexibility index (Phi) is 11.8. The second-order valence-electron chi connectivity index (χ2n) is 11.5. The number of cyclic esters (lactones) is 1.